The van der Waals surface area contributed by atoms with Crippen LogP contribution in [-0.4, -0.2) is 74.4 Å². The fraction of sp³-hybridized carbons (Fsp3) is 0.333. The molecule has 9 nitrogen and oxygen atoms in total. The molecule has 2 aliphatic rings. The van der Waals surface area contributed by atoms with Crippen LogP contribution in [0.5, 0.6) is 11.5 Å². The number of hydrogen-bond acceptors (Lipinski definition) is 9. The lowest BCUT2D eigenvalue weighted by Crippen LogP contribution is -2.60. The molecule has 0 spiro atoms. The van der Waals surface area contributed by atoms with Gasteiger partial charge in [0.05, 0.1) is 12.2 Å². The topological polar surface area (TPSA) is 154 Å². The molecule has 5 atom stereocenters. The molecule has 2 aromatic rings. The van der Waals surface area contributed by atoms with Crippen LogP contribution in [0.2, 0.25) is 0 Å². The molecular weight excluding hydrogens is 396 g/mol. The highest BCUT2D eigenvalue weighted by Crippen LogP contribution is 2.42. The average Bonchev–Trinajstić information content (AvgIpc) is 2.75. The average molecular weight is 416 g/mol. The van der Waals surface area contributed by atoms with Crippen LogP contribution >= 0.6 is 0 Å². The number of aryl methyl sites for hydroxylation is 1. The number of aromatic hydroxyl groups is 1. The maximum absolute atomic E-state index is 13.1. The maximum atomic E-state index is 13.1. The zero-order valence-corrected chi connectivity index (χ0v) is 15.8. The Balaban J connectivity index is 1.81. The lowest BCUT2D eigenvalue weighted by atomic mass is 9.82. The van der Waals surface area contributed by atoms with Crippen molar-refractivity contribution < 1.29 is 44.6 Å². The summed E-state index contributed by atoms with van der Waals surface area (Å²) in [6.07, 6.45) is -7.92. The van der Waals surface area contributed by atoms with Crippen LogP contribution in [0, 0.1) is 6.92 Å². The van der Waals surface area contributed by atoms with Gasteiger partial charge >= 0.3 is 0 Å². The Morgan fingerprint density at radius 2 is 1.60 bits per heavy atom. The zero-order valence-electron chi connectivity index (χ0n) is 15.8. The first-order valence-corrected chi connectivity index (χ1v) is 9.28. The van der Waals surface area contributed by atoms with Gasteiger partial charge in [0, 0.05) is 16.7 Å². The molecule has 4 rings (SSSR count). The zero-order chi connectivity index (χ0) is 21.7. The third kappa shape index (κ3) is 2.99. The summed E-state index contributed by atoms with van der Waals surface area (Å²) in [5.41, 5.74) is 0.428. The van der Waals surface area contributed by atoms with E-state index in [0.717, 1.165) is 0 Å². The normalized spacial score (nSPS) is 28.1. The fourth-order valence-electron chi connectivity index (χ4n) is 3.74. The molecule has 2 aromatic carbocycles. The summed E-state index contributed by atoms with van der Waals surface area (Å²) < 4.78 is 10.9. The van der Waals surface area contributed by atoms with E-state index in [9.17, 15) is 35.1 Å². The third-order valence-corrected chi connectivity index (χ3v) is 5.42. The molecule has 5 N–H and O–H groups in total. The highest BCUT2D eigenvalue weighted by Gasteiger charge is 2.46. The molecular formula is C21H20O9. The van der Waals surface area contributed by atoms with Crippen LogP contribution in [0.25, 0.3) is 0 Å². The Morgan fingerprint density at radius 1 is 0.967 bits per heavy atom. The molecule has 0 unspecified atom stereocenters. The molecule has 0 aromatic heterocycles. The van der Waals surface area contributed by atoms with Crippen LogP contribution in [0.15, 0.2) is 30.3 Å². The molecule has 158 valence electrons. The molecule has 1 aliphatic carbocycles. The molecule has 1 fully saturated rings. The highest BCUT2D eigenvalue weighted by atomic mass is 16.7. The molecule has 1 saturated heterocycles. The summed E-state index contributed by atoms with van der Waals surface area (Å²) in [6, 6.07) is 7.61. The summed E-state index contributed by atoms with van der Waals surface area (Å²) in [5, 5.41) is 50.1. The number of carbonyl (C=O) groups excluding carboxylic acids is 2. The van der Waals surface area contributed by atoms with Crippen molar-refractivity contribution in [3.63, 3.8) is 0 Å². The molecule has 0 amide bonds. The summed E-state index contributed by atoms with van der Waals surface area (Å²) >= 11 is 0. The molecule has 9 heteroatoms. The van der Waals surface area contributed by atoms with Crippen LogP contribution in [0.4, 0.5) is 0 Å². The Bertz CT molecular complexity index is 1030. The van der Waals surface area contributed by atoms with Gasteiger partial charge in [0.2, 0.25) is 6.29 Å². The Hall–Kier alpha value is -2.82. The Kier molecular flexibility index (Phi) is 5.08. The van der Waals surface area contributed by atoms with Gasteiger partial charge in [0.25, 0.3) is 0 Å². The number of phenolic OH excluding ortho intramolecular Hbond substituents is 1. The Labute approximate surface area is 170 Å². The van der Waals surface area contributed by atoms with Crippen LogP contribution < -0.4 is 4.74 Å². The van der Waals surface area contributed by atoms with Crippen LogP contribution in [0.3, 0.4) is 0 Å². The van der Waals surface area contributed by atoms with E-state index in [-0.39, 0.29) is 33.6 Å². The van der Waals surface area contributed by atoms with Crippen molar-refractivity contribution in [3.05, 3.63) is 58.1 Å². The van der Waals surface area contributed by atoms with Crippen LogP contribution in [-0.2, 0) is 4.74 Å². The van der Waals surface area contributed by atoms with Gasteiger partial charge in [-0.05, 0) is 18.6 Å². The van der Waals surface area contributed by atoms with E-state index in [0.29, 0.717) is 0 Å². The molecule has 1 heterocycles. The van der Waals surface area contributed by atoms with Gasteiger partial charge in [0.15, 0.2) is 23.1 Å². The number of aliphatic hydroxyl groups excluding tert-OH is 4. The monoisotopic (exact) mass is 416 g/mol. The van der Waals surface area contributed by atoms with E-state index < -0.39 is 54.6 Å². The lowest BCUT2D eigenvalue weighted by Gasteiger charge is -2.40. The molecule has 0 radical (unpaired) electrons. The van der Waals surface area contributed by atoms with Crippen molar-refractivity contribution in [1.82, 2.24) is 0 Å². The minimum atomic E-state index is -1.75. The number of hydrogen-bond donors (Lipinski definition) is 5. The van der Waals surface area contributed by atoms with E-state index >= 15 is 0 Å². The predicted octanol–water partition coefficient (Wildman–Crippen LogP) is -0.345. The van der Waals surface area contributed by atoms with Crippen molar-refractivity contribution >= 4 is 11.6 Å². The summed E-state index contributed by atoms with van der Waals surface area (Å²) in [6.45, 7) is 0.835. The summed E-state index contributed by atoms with van der Waals surface area (Å²) in [5.74, 6) is -1.81. The summed E-state index contributed by atoms with van der Waals surface area (Å²) in [4.78, 5) is 26.1. The predicted molar refractivity (Wildman–Crippen MR) is 101 cm³/mol. The van der Waals surface area contributed by atoms with Crippen molar-refractivity contribution in [1.29, 1.82) is 0 Å². The second-order valence-electron chi connectivity index (χ2n) is 7.31. The number of phenols is 1. The van der Waals surface area contributed by atoms with E-state index in [1.807, 2.05) is 0 Å². The number of fused-ring (bicyclic) bond motifs is 2. The van der Waals surface area contributed by atoms with Crippen LogP contribution in [0.1, 0.15) is 37.4 Å². The van der Waals surface area contributed by atoms with Crippen molar-refractivity contribution in [2.75, 3.05) is 6.61 Å². The van der Waals surface area contributed by atoms with Crippen molar-refractivity contribution in [2.45, 2.75) is 37.6 Å². The van der Waals surface area contributed by atoms with Gasteiger partial charge in [-0.2, -0.15) is 0 Å². The number of benzene rings is 2. The number of rotatable bonds is 3. The lowest BCUT2D eigenvalue weighted by molar-refractivity contribution is -0.277. The first kappa shape index (κ1) is 20.5. The largest absolute Gasteiger partial charge is 0.504 e. The van der Waals surface area contributed by atoms with Gasteiger partial charge in [-0.1, -0.05) is 24.3 Å². The second-order valence-corrected chi connectivity index (χ2v) is 7.31. The molecule has 0 bridgehead atoms. The molecule has 0 saturated carbocycles. The van der Waals surface area contributed by atoms with Gasteiger partial charge in [0.1, 0.15) is 24.4 Å². The first-order valence-electron chi connectivity index (χ1n) is 9.28. The minimum absolute atomic E-state index is 0.0218. The SMILES string of the molecule is Cc1cc2c(c(O[C@H]3O[C@H](CO)[C@@H](O)[C@H](O)[C@H]3O)c1O)C(=O)c1ccccc1C2=O. The number of ketones is 2. The standard InChI is InChI=1S/C21H20O9/c1-8-6-11-13(16(25)10-5-3-2-4-9(10)15(11)24)20(14(8)23)30-21-19(28)18(27)17(26)12(7-22)29-21/h2-6,12,17-19,21-23,26-28H,7H2,1H3/t12-,17-,18+,19-,21-/m1/s1. The van der Waals surface area contributed by atoms with E-state index in [1.165, 1.54) is 25.1 Å². The van der Waals surface area contributed by atoms with Crippen molar-refractivity contribution in [2.24, 2.45) is 0 Å². The Morgan fingerprint density at radius 3 is 2.23 bits per heavy atom. The first-order chi connectivity index (χ1) is 14.3. The summed E-state index contributed by atoms with van der Waals surface area (Å²) in [7, 11) is 0. The van der Waals surface area contributed by atoms with Gasteiger partial charge in [-0.3, -0.25) is 9.59 Å². The van der Waals surface area contributed by atoms with Gasteiger partial charge < -0.3 is 35.0 Å². The third-order valence-electron chi connectivity index (χ3n) is 5.42. The second kappa shape index (κ2) is 7.46. The van der Waals surface area contributed by atoms with E-state index in [4.69, 9.17) is 9.47 Å². The fourth-order valence-corrected chi connectivity index (χ4v) is 3.74. The van der Waals surface area contributed by atoms with E-state index in [1.54, 1.807) is 12.1 Å². The molecule has 30 heavy (non-hydrogen) atoms. The highest BCUT2D eigenvalue weighted by molar-refractivity contribution is 6.29. The minimum Gasteiger partial charge on any atom is -0.504 e. The quantitative estimate of drug-likeness (QED) is 0.386. The number of carbonyl (C=O) groups is 2. The van der Waals surface area contributed by atoms with Gasteiger partial charge in [-0.25, -0.2) is 0 Å². The molecule has 1 aliphatic heterocycles. The smallest absolute Gasteiger partial charge is 0.229 e. The maximum Gasteiger partial charge on any atom is 0.229 e. The van der Waals surface area contributed by atoms with E-state index in [2.05, 4.69) is 0 Å². The number of ether oxygens (including phenoxy) is 2. The number of aliphatic hydroxyl groups is 4. The van der Waals surface area contributed by atoms with Gasteiger partial charge in [-0.15, -0.1) is 0 Å². The van der Waals surface area contributed by atoms with Crippen molar-refractivity contribution in [3.8, 4) is 11.5 Å².